The van der Waals surface area contributed by atoms with E-state index in [0.29, 0.717) is 37.2 Å². The van der Waals surface area contributed by atoms with Crippen molar-refractivity contribution >= 4 is 34.2 Å². The molecule has 6 heterocycles. The van der Waals surface area contributed by atoms with Crippen LogP contribution >= 0.6 is 0 Å². The second-order valence-corrected chi connectivity index (χ2v) is 21.0. The number of unbranched alkanes of at least 4 members (excludes halogenated alkanes) is 1. The summed E-state index contributed by atoms with van der Waals surface area (Å²) >= 11 is 0. The highest BCUT2D eigenvalue weighted by molar-refractivity contribution is 6.19. The number of aromatic hydroxyl groups is 2. The van der Waals surface area contributed by atoms with Crippen LogP contribution in [0.15, 0.2) is 46.1 Å². The van der Waals surface area contributed by atoms with Gasteiger partial charge in [0.25, 0.3) is 11.7 Å². The minimum Gasteiger partial charge on any atom is -0.507 e. The number of alkyl carbamates (subject to hydrolysis) is 1. The van der Waals surface area contributed by atoms with Crippen molar-refractivity contribution in [3.8, 4) is 17.2 Å². The van der Waals surface area contributed by atoms with Crippen LogP contribution in [0.3, 0.4) is 0 Å². The number of phenolic OH excluding ortho intramolecular Hbond substituents is 2. The van der Waals surface area contributed by atoms with Crippen LogP contribution < -0.4 is 26.1 Å². The van der Waals surface area contributed by atoms with Gasteiger partial charge in [-0.3, -0.25) is 19.6 Å². The van der Waals surface area contributed by atoms with Crippen molar-refractivity contribution in [1.82, 2.24) is 15.1 Å². The fourth-order valence-electron chi connectivity index (χ4n) is 10.8. The first-order valence-corrected chi connectivity index (χ1v) is 25.6. The number of anilines is 1. The van der Waals surface area contributed by atoms with Crippen molar-refractivity contribution in [2.75, 3.05) is 51.7 Å². The number of aliphatic hydroxyl groups is 2. The number of aliphatic hydroxyl groups excluding tert-OH is 2. The van der Waals surface area contributed by atoms with Gasteiger partial charge < -0.3 is 55.1 Å². The number of amides is 2. The molecule has 16 nitrogen and oxygen atoms in total. The number of likely N-dealkylation sites (tertiary alicyclic amines) is 2. The minimum absolute atomic E-state index is 0.000743. The van der Waals surface area contributed by atoms with Crippen molar-refractivity contribution in [2.45, 2.75) is 150 Å². The first kappa shape index (κ1) is 54.3. The number of benzene rings is 2. The molecule has 7 atom stereocenters. The zero-order chi connectivity index (χ0) is 51.2. The fourth-order valence-corrected chi connectivity index (χ4v) is 10.8. The molecule has 1 spiro atoms. The molecule has 2 aromatic rings. The van der Waals surface area contributed by atoms with Gasteiger partial charge in [0, 0.05) is 88.1 Å². The lowest BCUT2D eigenvalue weighted by Crippen LogP contribution is -2.47. The number of fused-ring (bicyclic) bond motifs is 13. The molecule has 6 aliphatic heterocycles. The maximum atomic E-state index is 14.8. The molecule has 386 valence electrons. The molecule has 0 radical (unpaired) electrons. The Balaban J connectivity index is 0.00000397. The van der Waals surface area contributed by atoms with Crippen LogP contribution in [0.5, 0.6) is 17.2 Å². The standard InChI is InChI=1S/C53H76N6O9.CH4O/c1-11-12-22-58-23-18-37(19-24-58)54-51(65)67-47-32(5)17-14-27-66-52(10)49(63)40-38-39(45(61)36(9)48(40)68-52)46(62)43(42-41(38)56-53(57-42)20-25-59(26-21-53)29-30(2)3)55-50(64)33(6)16-13-15-31(4)28-34(7)44(60)35(47)8;1-2/h13-16,27,30-32,34-35,37,44,47,60-62H,11-12,17-26,28-29H2,1-10H3,(H,54,65)(H,55,64);2H,1H3/b15-13+,27-14+,33-16-;/t31?,32-,34-,35-,44?,47?,52?;/m1./s1. The number of nitrogens with zero attached hydrogens (tertiary/aromatic N) is 4. The number of allylic oxidation sites excluding steroid dienone is 4. The molecule has 0 aromatic heterocycles. The minimum atomic E-state index is -1.88. The smallest absolute Gasteiger partial charge is 0.407 e. The van der Waals surface area contributed by atoms with Crippen molar-refractivity contribution in [2.24, 2.45) is 39.6 Å². The summed E-state index contributed by atoms with van der Waals surface area (Å²) in [5.74, 6) is -4.00. The first-order valence-electron chi connectivity index (χ1n) is 25.6. The summed E-state index contributed by atoms with van der Waals surface area (Å²) < 4.78 is 18.8. The van der Waals surface area contributed by atoms with Crippen molar-refractivity contribution in [3.05, 3.63) is 58.0 Å². The quantitative estimate of drug-likeness (QED) is 0.152. The van der Waals surface area contributed by atoms with E-state index in [4.69, 9.17) is 29.3 Å². The van der Waals surface area contributed by atoms with E-state index in [0.717, 1.165) is 72.1 Å². The monoisotopic (exact) mass is 973 g/mol. The van der Waals surface area contributed by atoms with E-state index < -0.39 is 53.1 Å². The zero-order valence-electron chi connectivity index (χ0n) is 43.4. The Hall–Kier alpha value is -5.03. The number of Topliss-reactive ketones (excluding diaryl/α,β-unsaturated/α-hetero) is 1. The number of carbonyl (C=O) groups excluding carboxylic acids is 3. The van der Waals surface area contributed by atoms with E-state index in [1.165, 1.54) is 13.2 Å². The summed E-state index contributed by atoms with van der Waals surface area (Å²) in [5.41, 5.74) is -0.288. The summed E-state index contributed by atoms with van der Waals surface area (Å²) in [7, 11) is 1.00. The summed E-state index contributed by atoms with van der Waals surface area (Å²) in [6.07, 6.45) is 12.8. The average Bonchev–Trinajstić information content (AvgIpc) is 3.83. The van der Waals surface area contributed by atoms with Gasteiger partial charge in [-0.15, -0.1) is 0 Å². The van der Waals surface area contributed by atoms with Crippen LogP contribution in [-0.4, -0.2) is 124 Å². The molecule has 8 rings (SSSR count). The van der Waals surface area contributed by atoms with Crippen LogP contribution in [-0.2, 0) is 14.3 Å². The SMILES string of the molecule is CCCCN1CCC(NC(=O)OC2[C@H](C)C(O)[C@H](C)CC(C)/C=C/C=C(/C)C(=O)Nc3c(O)c4c(O)c(C)c5c(c4c4c3=NC3(CCN(CC(C)C)CC3)N=4)C(=O)C(C)(O/C=C/C[C@H]2C)O5)CC1.CO. The molecule has 4 unspecified atom stereocenters. The maximum Gasteiger partial charge on any atom is 0.407 e. The predicted octanol–water partition coefficient (Wildman–Crippen LogP) is 7.19. The number of piperidine rings is 2. The lowest BCUT2D eigenvalue weighted by molar-refractivity contribution is -0.112. The molecule has 6 aliphatic rings. The lowest BCUT2D eigenvalue weighted by atomic mass is 9.80. The average molecular weight is 973 g/mol. The third-order valence-electron chi connectivity index (χ3n) is 14.9. The number of rotatable bonds is 7. The molecule has 16 heteroatoms. The van der Waals surface area contributed by atoms with Gasteiger partial charge in [0.2, 0.25) is 0 Å². The summed E-state index contributed by atoms with van der Waals surface area (Å²) in [5, 5.41) is 49.6. The van der Waals surface area contributed by atoms with E-state index >= 15 is 0 Å². The van der Waals surface area contributed by atoms with Crippen LogP contribution in [0.2, 0.25) is 0 Å². The molecule has 2 amide bonds. The van der Waals surface area contributed by atoms with Crippen LogP contribution in [0.4, 0.5) is 10.5 Å². The normalized spacial score (nSPS) is 29.4. The highest BCUT2D eigenvalue weighted by atomic mass is 16.7. The molecule has 0 saturated carbocycles. The van der Waals surface area contributed by atoms with E-state index in [-0.39, 0.29) is 73.6 Å². The van der Waals surface area contributed by atoms with Gasteiger partial charge in [0.15, 0.2) is 11.4 Å². The molecule has 0 aliphatic carbocycles. The van der Waals surface area contributed by atoms with Crippen LogP contribution in [0.25, 0.3) is 10.8 Å². The topological polar surface area (TPSA) is 215 Å². The van der Waals surface area contributed by atoms with Gasteiger partial charge in [-0.2, -0.15) is 0 Å². The van der Waals surface area contributed by atoms with E-state index in [1.807, 2.05) is 39.8 Å². The van der Waals surface area contributed by atoms with E-state index in [9.17, 15) is 29.7 Å². The molecule has 2 saturated heterocycles. The molecule has 70 heavy (non-hydrogen) atoms. The van der Waals surface area contributed by atoms with Crippen molar-refractivity contribution in [3.63, 3.8) is 0 Å². The van der Waals surface area contributed by atoms with Crippen LogP contribution in [0, 0.1) is 36.5 Å². The van der Waals surface area contributed by atoms with Crippen molar-refractivity contribution < 1.29 is 49.0 Å². The number of carbonyl (C=O) groups is 3. The summed E-state index contributed by atoms with van der Waals surface area (Å²) in [6.45, 7) is 24.5. The molecule has 2 fully saturated rings. The second-order valence-electron chi connectivity index (χ2n) is 21.0. The fraction of sp³-hybridized carbons (Fsp3) is 0.648. The molecule has 5 bridgehead atoms. The lowest BCUT2D eigenvalue weighted by Gasteiger charge is -2.36. The predicted molar refractivity (Wildman–Crippen MR) is 270 cm³/mol. The number of hydrogen-bond acceptors (Lipinski definition) is 14. The van der Waals surface area contributed by atoms with Gasteiger partial charge in [0.05, 0.1) is 28.7 Å². The van der Waals surface area contributed by atoms with Gasteiger partial charge in [0.1, 0.15) is 28.6 Å². The Labute approximate surface area is 413 Å². The van der Waals surface area contributed by atoms with Gasteiger partial charge in [-0.25, -0.2) is 4.79 Å². The third kappa shape index (κ3) is 11.7. The Kier molecular flexibility index (Phi) is 17.9. The number of nitrogens with one attached hydrogen (secondary N) is 2. The zero-order valence-corrected chi connectivity index (χ0v) is 43.4. The first-order chi connectivity index (χ1) is 33.3. The number of ketones is 1. The Bertz CT molecular complexity index is 2450. The highest BCUT2D eigenvalue weighted by Gasteiger charge is 2.50. The van der Waals surface area contributed by atoms with Gasteiger partial charge in [-0.05, 0) is 82.2 Å². The second kappa shape index (κ2) is 23.0. The Morgan fingerprint density at radius 2 is 1.64 bits per heavy atom. The molecule has 2 aromatic carbocycles. The summed E-state index contributed by atoms with van der Waals surface area (Å²) in [6, 6.07) is -0.00489. The number of hydrogen-bond donors (Lipinski definition) is 6. The number of ether oxygens (including phenoxy) is 3. The van der Waals surface area contributed by atoms with E-state index in [1.54, 1.807) is 26.0 Å². The van der Waals surface area contributed by atoms with Gasteiger partial charge >= 0.3 is 11.9 Å². The Morgan fingerprint density at radius 1 is 0.971 bits per heavy atom. The third-order valence-corrected chi connectivity index (χ3v) is 14.9. The van der Waals surface area contributed by atoms with Crippen LogP contribution in [0.1, 0.15) is 130 Å². The molecule has 6 N–H and O–H groups in total. The summed E-state index contributed by atoms with van der Waals surface area (Å²) in [4.78, 5) is 57.7. The maximum absolute atomic E-state index is 14.8. The number of phenols is 2. The van der Waals surface area contributed by atoms with Crippen molar-refractivity contribution in [1.29, 1.82) is 0 Å². The van der Waals surface area contributed by atoms with E-state index in [2.05, 4.69) is 41.2 Å². The largest absolute Gasteiger partial charge is 0.507 e. The highest BCUT2D eigenvalue weighted by Crippen LogP contribution is 2.50. The van der Waals surface area contributed by atoms with Gasteiger partial charge in [-0.1, -0.05) is 73.1 Å². The molecular formula is C54H80N6O10. The molecular weight excluding hydrogens is 893 g/mol. The Morgan fingerprint density at radius 3 is 2.30 bits per heavy atom.